The van der Waals surface area contributed by atoms with Crippen LogP contribution in [0.5, 0.6) is 0 Å². The third kappa shape index (κ3) is 7.05. The summed E-state index contributed by atoms with van der Waals surface area (Å²) in [5, 5.41) is 17.9. The van der Waals surface area contributed by atoms with Crippen LogP contribution in [0.3, 0.4) is 0 Å². The zero-order valence-corrected chi connectivity index (χ0v) is 21.9. The van der Waals surface area contributed by atoms with Gasteiger partial charge >= 0.3 is 12.1 Å². The molecule has 6 N–H and O–H groups in total. The van der Waals surface area contributed by atoms with E-state index in [1.54, 1.807) is 18.2 Å². The van der Waals surface area contributed by atoms with Crippen molar-refractivity contribution in [2.24, 2.45) is 9.98 Å². The van der Waals surface area contributed by atoms with E-state index in [2.05, 4.69) is 41.9 Å². The molecule has 3 aromatic rings. The minimum atomic E-state index is -0.436. The lowest BCUT2D eigenvalue weighted by Gasteiger charge is -2.15. The summed E-state index contributed by atoms with van der Waals surface area (Å²) in [4.78, 5) is 33.9. The van der Waals surface area contributed by atoms with E-state index >= 15 is 0 Å². The molecule has 0 unspecified atom stereocenters. The second-order valence-corrected chi connectivity index (χ2v) is 9.44. The van der Waals surface area contributed by atoms with Crippen LogP contribution in [-0.2, 0) is 0 Å². The van der Waals surface area contributed by atoms with Crippen molar-refractivity contribution in [3.8, 4) is 0 Å². The minimum Gasteiger partial charge on any atom is -0.370 e. The number of halogens is 1. The second-order valence-electron chi connectivity index (χ2n) is 9.03. The van der Waals surface area contributed by atoms with Crippen molar-refractivity contribution < 1.29 is 9.59 Å². The van der Waals surface area contributed by atoms with Crippen LogP contribution in [0.4, 0.5) is 32.3 Å². The fourth-order valence-electron chi connectivity index (χ4n) is 4.15. The van der Waals surface area contributed by atoms with Gasteiger partial charge in [0.2, 0.25) is 0 Å². The van der Waals surface area contributed by atoms with Gasteiger partial charge in [0.1, 0.15) is 11.7 Å². The number of amidine groups is 2. The molecule has 0 bridgehead atoms. The second kappa shape index (κ2) is 12.3. The first-order valence-electron chi connectivity index (χ1n) is 12.8. The van der Waals surface area contributed by atoms with Crippen LogP contribution in [0.15, 0.2) is 76.7 Å². The Hall–Kier alpha value is -4.57. The van der Waals surface area contributed by atoms with Gasteiger partial charge in [0.05, 0.1) is 10.7 Å². The van der Waals surface area contributed by atoms with Gasteiger partial charge in [0.25, 0.3) is 0 Å². The van der Waals surface area contributed by atoms with Crippen molar-refractivity contribution in [1.29, 1.82) is 0 Å². The number of carbonyl (C=O) groups is 2. The number of hydrogen-bond donors (Lipinski definition) is 6. The average Bonchev–Trinajstić information content (AvgIpc) is 2.96. The molecule has 0 aromatic heterocycles. The van der Waals surface area contributed by atoms with Crippen molar-refractivity contribution in [2.75, 3.05) is 47.4 Å². The lowest BCUT2D eigenvalue weighted by molar-refractivity contribution is 0.261. The van der Waals surface area contributed by atoms with E-state index in [0.717, 1.165) is 61.8 Å². The molecule has 0 atom stereocenters. The van der Waals surface area contributed by atoms with Crippen molar-refractivity contribution >= 4 is 58.1 Å². The molecule has 0 radical (unpaired) electrons. The van der Waals surface area contributed by atoms with E-state index in [0.29, 0.717) is 22.7 Å². The monoisotopic (exact) mass is 544 g/mol. The topological polar surface area (TPSA) is 131 Å². The molecular weight excluding hydrogens is 516 g/mol. The van der Waals surface area contributed by atoms with Crippen molar-refractivity contribution in [2.45, 2.75) is 12.8 Å². The molecular formula is C28H29ClN8O2. The lowest BCUT2D eigenvalue weighted by Crippen LogP contribution is -2.30. The first-order valence-corrected chi connectivity index (χ1v) is 13.1. The highest BCUT2D eigenvalue weighted by atomic mass is 35.5. The standard InChI is InChI=1S/C28H29ClN8O2/c29-23-17-22(36-27(38)34-20-7-3-18(4-8-20)25-30-13-1-14-31-25)11-12-24(23)37-28(39)35-21-9-5-19(6-10-21)26-32-15-2-16-33-26/h3-12,17H,1-2,13-16H2,(H,30,31)(H,32,33)(H2,34,36,38)(H2,35,37,39). The summed E-state index contributed by atoms with van der Waals surface area (Å²) in [6.07, 6.45) is 2.06. The summed E-state index contributed by atoms with van der Waals surface area (Å²) < 4.78 is 0. The zero-order chi connectivity index (χ0) is 27.0. The Kier molecular flexibility index (Phi) is 8.23. The molecule has 2 aliphatic heterocycles. The maximum absolute atomic E-state index is 12.5. The summed E-state index contributed by atoms with van der Waals surface area (Å²) in [6.45, 7) is 3.44. The molecule has 0 saturated heterocycles. The first kappa shape index (κ1) is 26.1. The maximum atomic E-state index is 12.5. The van der Waals surface area contributed by atoms with Crippen LogP contribution >= 0.6 is 11.6 Å². The largest absolute Gasteiger partial charge is 0.370 e. The van der Waals surface area contributed by atoms with E-state index < -0.39 is 12.1 Å². The minimum absolute atomic E-state index is 0.282. The Labute approximate surface area is 231 Å². The van der Waals surface area contributed by atoms with E-state index in [1.807, 2.05) is 48.5 Å². The molecule has 2 aliphatic rings. The molecule has 10 nitrogen and oxygen atoms in total. The normalized spacial score (nSPS) is 14.6. The fourth-order valence-corrected chi connectivity index (χ4v) is 4.37. The summed E-state index contributed by atoms with van der Waals surface area (Å²) in [7, 11) is 0. The fraction of sp³-hybridized carbons (Fsp3) is 0.214. The Bertz CT molecular complexity index is 1400. The van der Waals surface area contributed by atoms with Crippen LogP contribution in [-0.4, -0.2) is 49.9 Å². The molecule has 39 heavy (non-hydrogen) atoms. The Morgan fingerprint density at radius 1 is 0.641 bits per heavy atom. The van der Waals surface area contributed by atoms with E-state index in [4.69, 9.17) is 11.6 Å². The van der Waals surface area contributed by atoms with Crippen molar-refractivity contribution in [3.63, 3.8) is 0 Å². The third-order valence-corrected chi connectivity index (χ3v) is 6.41. The number of nitrogens with one attached hydrogen (secondary N) is 6. The van der Waals surface area contributed by atoms with Crippen LogP contribution in [0.2, 0.25) is 5.02 Å². The summed E-state index contributed by atoms with van der Waals surface area (Å²) >= 11 is 6.37. The van der Waals surface area contributed by atoms with Gasteiger partial charge in [-0.1, -0.05) is 11.6 Å². The number of benzene rings is 3. The molecule has 0 saturated carbocycles. The number of anilines is 4. The smallest absolute Gasteiger partial charge is 0.323 e. The molecule has 11 heteroatoms. The lowest BCUT2D eigenvalue weighted by atomic mass is 10.1. The van der Waals surface area contributed by atoms with Gasteiger partial charge < -0.3 is 31.9 Å². The highest BCUT2D eigenvalue weighted by molar-refractivity contribution is 6.34. The summed E-state index contributed by atoms with van der Waals surface area (Å²) in [5.74, 6) is 1.74. The van der Waals surface area contributed by atoms with E-state index in [1.165, 1.54) is 0 Å². The van der Waals surface area contributed by atoms with E-state index in [-0.39, 0.29) is 5.02 Å². The molecule has 0 aliphatic carbocycles. The zero-order valence-electron chi connectivity index (χ0n) is 21.2. The highest BCUT2D eigenvalue weighted by Crippen LogP contribution is 2.26. The Morgan fingerprint density at radius 2 is 1.10 bits per heavy atom. The molecule has 4 amide bonds. The van der Waals surface area contributed by atoms with Crippen LogP contribution in [0.1, 0.15) is 24.0 Å². The number of carbonyl (C=O) groups excluding carboxylic acids is 2. The van der Waals surface area contributed by atoms with Gasteiger partial charge in [-0.15, -0.1) is 0 Å². The number of nitrogens with zero attached hydrogens (tertiary/aromatic N) is 2. The van der Waals surface area contributed by atoms with Gasteiger partial charge in [-0.25, -0.2) is 9.59 Å². The van der Waals surface area contributed by atoms with Crippen molar-refractivity contribution in [1.82, 2.24) is 10.6 Å². The average molecular weight is 545 g/mol. The number of rotatable bonds is 6. The highest BCUT2D eigenvalue weighted by Gasteiger charge is 2.11. The number of urea groups is 2. The summed E-state index contributed by atoms with van der Waals surface area (Å²) in [6, 6.07) is 18.9. The number of aliphatic imine (C=N–C) groups is 2. The molecule has 5 rings (SSSR count). The first-order chi connectivity index (χ1) is 19.0. The Balaban J connectivity index is 1.12. The van der Waals surface area contributed by atoms with Crippen LogP contribution < -0.4 is 31.9 Å². The molecule has 3 aromatic carbocycles. The SMILES string of the molecule is O=C(Nc1ccc(C2=NCCCN2)cc1)Nc1ccc(NC(=O)Nc2ccc(C3=NCCCN3)cc2)c(Cl)c1. The van der Waals surface area contributed by atoms with Gasteiger partial charge in [-0.3, -0.25) is 9.98 Å². The van der Waals surface area contributed by atoms with Crippen LogP contribution in [0.25, 0.3) is 0 Å². The van der Waals surface area contributed by atoms with Gasteiger partial charge in [-0.2, -0.15) is 0 Å². The third-order valence-electron chi connectivity index (χ3n) is 6.10. The molecule has 0 fully saturated rings. The number of amides is 4. The maximum Gasteiger partial charge on any atom is 0.323 e. The molecule has 0 spiro atoms. The Morgan fingerprint density at radius 3 is 1.56 bits per heavy atom. The van der Waals surface area contributed by atoms with Gasteiger partial charge in [-0.05, 0) is 79.6 Å². The predicted molar refractivity (Wildman–Crippen MR) is 158 cm³/mol. The van der Waals surface area contributed by atoms with Crippen LogP contribution in [0, 0.1) is 0 Å². The summed E-state index contributed by atoms with van der Waals surface area (Å²) in [5.41, 5.74) is 4.12. The quantitative estimate of drug-likeness (QED) is 0.257. The van der Waals surface area contributed by atoms with Crippen molar-refractivity contribution in [3.05, 3.63) is 82.9 Å². The van der Waals surface area contributed by atoms with Gasteiger partial charge in [0, 0.05) is 54.4 Å². The molecule has 2 heterocycles. The van der Waals surface area contributed by atoms with E-state index in [9.17, 15) is 9.59 Å². The molecule has 200 valence electrons. The van der Waals surface area contributed by atoms with Gasteiger partial charge in [0.15, 0.2) is 0 Å². The predicted octanol–water partition coefficient (Wildman–Crippen LogP) is 5.11. The number of hydrogen-bond acceptors (Lipinski definition) is 6.